The van der Waals surface area contributed by atoms with Gasteiger partial charge in [-0.05, 0) is 31.0 Å². The van der Waals surface area contributed by atoms with Crippen molar-refractivity contribution >= 4 is 0 Å². The minimum atomic E-state index is -0.333. The molecule has 1 rings (SSSR count). The maximum Gasteiger partial charge on any atom is 0.175 e. The first kappa shape index (κ1) is 8.41. The van der Waals surface area contributed by atoms with Crippen LogP contribution in [0.25, 0.3) is 0 Å². The molecule has 62 valence electrons. The molecule has 3 heteroatoms. The Bertz CT molecular complexity index is 364. The third-order valence-corrected chi connectivity index (χ3v) is 1.91. The lowest BCUT2D eigenvalue weighted by Gasteiger charge is -2.05. The number of nitriles is 1. The summed E-state index contributed by atoms with van der Waals surface area (Å²) in [6.45, 7) is 3.46. The minimum absolute atomic E-state index is 0.107. The highest BCUT2D eigenvalue weighted by molar-refractivity contribution is 5.57. The molecule has 1 aromatic rings. The van der Waals surface area contributed by atoms with E-state index in [0.717, 1.165) is 5.56 Å². The van der Waals surface area contributed by atoms with Gasteiger partial charge in [-0.2, -0.15) is 5.26 Å². The molecule has 0 atom stereocenters. The van der Waals surface area contributed by atoms with E-state index in [1.165, 1.54) is 0 Å². The Labute approximate surface area is 70.5 Å². The average Bonchev–Trinajstić information content (AvgIpc) is 2.08. The predicted octanol–water partition coefficient (Wildman–Crippen LogP) is 1.59. The van der Waals surface area contributed by atoms with Crippen molar-refractivity contribution in [2.45, 2.75) is 13.8 Å². The van der Waals surface area contributed by atoms with Gasteiger partial charge >= 0.3 is 0 Å². The Balaban J connectivity index is 3.52. The van der Waals surface area contributed by atoms with Crippen LogP contribution in [0.5, 0.6) is 11.5 Å². The molecule has 0 heterocycles. The highest BCUT2D eigenvalue weighted by Gasteiger charge is 2.10. The Morgan fingerprint density at radius 2 is 1.83 bits per heavy atom. The maximum atomic E-state index is 9.30. The fraction of sp³-hybridized carbons (Fsp3) is 0.222. The SMILES string of the molecule is Cc1cc(C#N)c(O)c(O)c1C. The quantitative estimate of drug-likeness (QED) is 0.571. The van der Waals surface area contributed by atoms with Gasteiger partial charge in [0.15, 0.2) is 11.5 Å². The first-order valence-electron chi connectivity index (χ1n) is 3.50. The molecular formula is C9H9NO2. The number of aromatic hydroxyl groups is 2. The largest absolute Gasteiger partial charge is 0.504 e. The Morgan fingerprint density at radius 3 is 2.33 bits per heavy atom. The third kappa shape index (κ3) is 1.08. The summed E-state index contributed by atoms with van der Waals surface area (Å²) in [5.41, 5.74) is 1.50. The van der Waals surface area contributed by atoms with E-state index in [0.29, 0.717) is 5.56 Å². The van der Waals surface area contributed by atoms with Crippen molar-refractivity contribution in [1.29, 1.82) is 5.26 Å². The lowest BCUT2D eigenvalue weighted by Crippen LogP contribution is -1.86. The van der Waals surface area contributed by atoms with Crippen molar-refractivity contribution < 1.29 is 10.2 Å². The number of phenols is 2. The summed E-state index contributed by atoms with van der Waals surface area (Å²) in [7, 11) is 0. The van der Waals surface area contributed by atoms with E-state index in [9.17, 15) is 10.2 Å². The minimum Gasteiger partial charge on any atom is -0.504 e. The van der Waals surface area contributed by atoms with Gasteiger partial charge in [-0.3, -0.25) is 0 Å². The number of hydrogen-bond acceptors (Lipinski definition) is 3. The van der Waals surface area contributed by atoms with E-state index in [4.69, 9.17) is 5.26 Å². The number of aryl methyl sites for hydroxylation is 1. The molecule has 0 amide bonds. The van der Waals surface area contributed by atoms with Gasteiger partial charge < -0.3 is 10.2 Å². The molecule has 0 saturated heterocycles. The van der Waals surface area contributed by atoms with E-state index in [1.807, 2.05) is 0 Å². The Morgan fingerprint density at radius 1 is 1.25 bits per heavy atom. The molecule has 0 fully saturated rings. The van der Waals surface area contributed by atoms with Crippen LogP contribution in [-0.2, 0) is 0 Å². The Hall–Kier alpha value is -1.69. The van der Waals surface area contributed by atoms with E-state index in [2.05, 4.69) is 0 Å². The molecule has 0 spiro atoms. The van der Waals surface area contributed by atoms with Crippen LogP contribution in [-0.4, -0.2) is 10.2 Å². The molecule has 12 heavy (non-hydrogen) atoms. The van der Waals surface area contributed by atoms with Gasteiger partial charge in [0.25, 0.3) is 0 Å². The predicted molar refractivity (Wildman–Crippen MR) is 44.0 cm³/mol. The molecule has 0 aliphatic heterocycles. The standard InChI is InChI=1S/C9H9NO2/c1-5-3-7(4-10)9(12)8(11)6(5)2/h3,11-12H,1-2H3. The van der Waals surface area contributed by atoms with Gasteiger partial charge in [-0.25, -0.2) is 0 Å². The summed E-state index contributed by atoms with van der Waals surface area (Å²) in [5.74, 6) is -0.535. The first-order chi connectivity index (χ1) is 5.57. The van der Waals surface area contributed by atoms with Crippen LogP contribution in [0.15, 0.2) is 6.07 Å². The molecule has 0 radical (unpaired) electrons. The van der Waals surface area contributed by atoms with Crippen LogP contribution in [0.3, 0.4) is 0 Å². The van der Waals surface area contributed by atoms with Crippen LogP contribution >= 0.6 is 0 Å². The van der Waals surface area contributed by atoms with Crippen molar-refractivity contribution in [3.8, 4) is 17.6 Å². The van der Waals surface area contributed by atoms with Gasteiger partial charge in [0.2, 0.25) is 0 Å². The fourth-order valence-electron chi connectivity index (χ4n) is 0.970. The lowest BCUT2D eigenvalue weighted by atomic mass is 10.0. The second-order valence-corrected chi connectivity index (χ2v) is 2.68. The number of nitrogens with zero attached hydrogens (tertiary/aromatic N) is 1. The Kier molecular flexibility index (Phi) is 1.92. The normalized spacial score (nSPS) is 9.42. The zero-order valence-electron chi connectivity index (χ0n) is 6.92. The van der Waals surface area contributed by atoms with Crippen LogP contribution < -0.4 is 0 Å². The first-order valence-corrected chi connectivity index (χ1v) is 3.50. The lowest BCUT2D eigenvalue weighted by molar-refractivity contribution is 0.399. The van der Waals surface area contributed by atoms with Gasteiger partial charge in [-0.15, -0.1) is 0 Å². The summed E-state index contributed by atoms with van der Waals surface area (Å²) < 4.78 is 0. The number of phenolic OH excluding ortho intramolecular Hbond substituents is 2. The van der Waals surface area contributed by atoms with Crippen LogP contribution in [0.4, 0.5) is 0 Å². The van der Waals surface area contributed by atoms with Crippen molar-refractivity contribution in [3.63, 3.8) is 0 Å². The third-order valence-electron chi connectivity index (χ3n) is 1.91. The highest BCUT2D eigenvalue weighted by atomic mass is 16.3. The fourth-order valence-corrected chi connectivity index (χ4v) is 0.970. The van der Waals surface area contributed by atoms with Crippen molar-refractivity contribution in [2.24, 2.45) is 0 Å². The van der Waals surface area contributed by atoms with Gasteiger partial charge in [0, 0.05) is 0 Å². The van der Waals surface area contributed by atoms with Gasteiger partial charge in [-0.1, -0.05) is 0 Å². The van der Waals surface area contributed by atoms with E-state index < -0.39 is 0 Å². The highest BCUT2D eigenvalue weighted by Crippen LogP contribution is 2.33. The summed E-state index contributed by atoms with van der Waals surface area (Å²) in [6, 6.07) is 3.34. The number of rotatable bonds is 0. The molecule has 1 aromatic carbocycles. The molecule has 0 aliphatic carbocycles. The second-order valence-electron chi connectivity index (χ2n) is 2.68. The second kappa shape index (κ2) is 2.74. The average molecular weight is 163 g/mol. The van der Waals surface area contributed by atoms with Crippen molar-refractivity contribution in [1.82, 2.24) is 0 Å². The topological polar surface area (TPSA) is 64.2 Å². The zero-order chi connectivity index (χ0) is 9.30. The molecule has 0 aliphatic rings. The summed E-state index contributed by atoms with van der Waals surface area (Å²) in [5, 5.41) is 27.1. The molecule has 2 N–H and O–H groups in total. The molecule has 0 bridgehead atoms. The van der Waals surface area contributed by atoms with Crippen molar-refractivity contribution in [2.75, 3.05) is 0 Å². The zero-order valence-corrected chi connectivity index (χ0v) is 6.92. The maximum absolute atomic E-state index is 9.30. The van der Waals surface area contributed by atoms with E-state index >= 15 is 0 Å². The monoisotopic (exact) mass is 163 g/mol. The molecule has 0 unspecified atom stereocenters. The summed E-state index contributed by atoms with van der Waals surface area (Å²) >= 11 is 0. The molecular weight excluding hydrogens is 154 g/mol. The van der Waals surface area contributed by atoms with Crippen LogP contribution in [0.1, 0.15) is 16.7 Å². The van der Waals surface area contributed by atoms with Crippen LogP contribution in [0, 0.1) is 25.2 Å². The molecule has 3 nitrogen and oxygen atoms in total. The number of benzene rings is 1. The van der Waals surface area contributed by atoms with Crippen LogP contribution in [0.2, 0.25) is 0 Å². The van der Waals surface area contributed by atoms with E-state index in [-0.39, 0.29) is 17.1 Å². The summed E-state index contributed by atoms with van der Waals surface area (Å²) in [6.07, 6.45) is 0. The summed E-state index contributed by atoms with van der Waals surface area (Å²) in [4.78, 5) is 0. The van der Waals surface area contributed by atoms with Gasteiger partial charge in [0.1, 0.15) is 6.07 Å². The van der Waals surface area contributed by atoms with E-state index in [1.54, 1.807) is 26.0 Å². The molecule has 0 saturated carbocycles. The smallest absolute Gasteiger partial charge is 0.175 e. The van der Waals surface area contributed by atoms with Crippen molar-refractivity contribution in [3.05, 3.63) is 22.8 Å². The number of hydrogen-bond donors (Lipinski definition) is 2. The van der Waals surface area contributed by atoms with Gasteiger partial charge in [0.05, 0.1) is 5.56 Å². The molecule has 0 aromatic heterocycles.